The van der Waals surface area contributed by atoms with Crippen LogP contribution in [0, 0.1) is 0 Å². The van der Waals surface area contributed by atoms with Gasteiger partial charge in [-0.05, 0) is 27.7 Å². The Hall–Kier alpha value is -1.56. The molecular weight excluding hydrogens is 268 g/mol. The van der Waals surface area contributed by atoms with Gasteiger partial charge in [-0.3, -0.25) is 9.59 Å². The number of hydrogen-bond acceptors (Lipinski definition) is 4. The fourth-order valence-electron chi connectivity index (χ4n) is 1.48. The van der Waals surface area contributed by atoms with E-state index < -0.39 is 0 Å². The number of anilines is 1. The molecule has 1 aromatic heterocycles. The summed E-state index contributed by atoms with van der Waals surface area (Å²) in [5.74, 6) is -0.167. The van der Waals surface area contributed by atoms with Crippen LogP contribution in [0.3, 0.4) is 0 Å². The second kappa shape index (κ2) is 6.56. The van der Waals surface area contributed by atoms with Crippen molar-refractivity contribution in [3.63, 3.8) is 0 Å². The van der Waals surface area contributed by atoms with Crippen LogP contribution in [0.4, 0.5) is 5.69 Å². The zero-order valence-corrected chi connectivity index (χ0v) is 12.3. The Bertz CT molecular complexity index is 511. The summed E-state index contributed by atoms with van der Waals surface area (Å²) in [5, 5.41) is 9.58. The fraction of sp³-hybridized carbons (Fsp3) is 0.583. The van der Waals surface area contributed by atoms with Crippen molar-refractivity contribution in [2.75, 3.05) is 11.9 Å². The van der Waals surface area contributed by atoms with Crippen LogP contribution in [-0.4, -0.2) is 28.3 Å². The van der Waals surface area contributed by atoms with Gasteiger partial charge in [-0.25, -0.2) is 4.68 Å². The van der Waals surface area contributed by atoms with Crippen LogP contribution in [0.2, 0.25) is 5.02 Å². The number of hydrogen-bond donors (Lipinski definition) is 2. The lowest BCUT2D eigenvalue weighted by atomic mass is 10.3. The van der Waals surface area contributed by atoms with Crippen molar-refractivity contribution < 1.29 is 4.79 Å². The lowest BCUT2D eigenvalue weighted by Gasteiger charge is -2.13. The number of aromatic nitrogens is 2. The second-order valence-corrected chi connectivity index (χ2v) is 5.17. The third-order valence-electron chi connectivity index (χ3n) is 2.32. The number of rotatable bonds is 5. The third-order valence-corrected chi connectivity index (χ3v) is 2.69. The van der Waals surface area contributed by atoms with E-state index in [0.717, 1.165) is 0 Å². The van der Waals surface area contributed by atoms with Crippen molar-refractivity contribution in [2.45, 2.75) is 39.8 Å². The normalized spacial score (nSPS) is 10.9. The van der Waals surface area contributed by atoms with E-state index in [2.05, 4.69) is 15.7 Å². The molecule has 0 unspecified atom stereocenters. The highest BCUT2D eigenvalue weighted by Crippen LogP contribution is 2.15. The van der Waals surface area contributed by atoms with Gasteiger partial charge >= 0.3 is 0 Å². The molecule has 0 spiro atoms. The molecule has 7 heteroatoms. The molecule has 2 N–H and O–H groups in total. The summed E-state index contributed by atoms with van der Waals surface area (Å²) in [4.78, 5) is 23.4. The molecule has 0 fully saturated rings. The number of carbonyl (C=O) groups is 1. The van der Waals surface area contributed by atoms with Gasteiger partial charge in [0, 0.05) is 6.04 Å². The predicted octanol–water partition coefficient (Wildman–Crippen LogP) is 1.41. The molecule has 0 aromatic carbocycles. The van der Waals surface area contributed by atoms with E-state index in [1.807, 2.05) is 27.7 Å². The molecule has 19 heavy (non-hydrogen) atoms. The molecule has 0 bridgehead atoms. The minimum Gasteiger partial charge on any atom is -0.373 e. The Morgan fingerprint density at radius 2 is 2.05 bits per heavy atom. The minimum atomic E-state index is -0.370. The monoisotopic (exact) mass is 286 g/mol. The number of nitrogens with one attached hydrogen (secondary N) is 2. The van der Waals surface area contributed by atoms with Crippen molar-refractivity contribution in [1.82, 2.24) is 15.1 Å². The Morgan fingerprint density at radius 3 is 2.58 bits per heavy atom. The summed E-state index contributed by atoms with van der Waals surface area (Å²) in [5.41, 5.74) is -0.00610. The molecule has 1 rings (SSSR count). The van der Waals surface area contributed by atoms with Gasteiger partial charge in [0.25, 0.3) is 5.56 Å². The summed E-state index contributed by atoms with van der Waals surface area (Å²) in [6, 6.07) is 0.000119. The largest absolute Gasteiger partial charge is 0.373 e. The highest BCUT2D eigenvalue weighted by atomic mass is 35.5. The lowest BCUT2D eigenvalue weighted by Crippen LogP contribution is -2.35. The third kappa shape index (κ3) is 4.24. The maximum absolute atomic E-state index is 11.9. The van der Waals surface area contributed by atoms with Gasteiger partial charge in [-0.15, -0.1) is 0 Å². The van der Waals surface area contributed by atoms with Crippen LogP contribution >= 0.6 is 11.6 Å². The molecule has 0 aliphatic carbocycles. The SMILES string of the molecule is CC(C)NC(=O)CNc1cnn(C(C)C)c(=O)c1Cl. The summed E-state index contributed by atoms with van der Waals surface area (Å²) >= 11 is 5.96. The molecular formula is C12H19ClN4O2. The minimum absolute atomic E-state index is 0.0426. The topological polar surface area (TPSA) is 76.0 Å². The molecule has 1 heterocycles. The Kier molecular flexibility index (Phi) is 5.35. The average molecular weight is 287 g/mol. The zero-order valence-electron chi connectivity index (χ0n) is 11.5. The Balaban J connectivity index is 2.79. The Morgan fingerprint density at radius 1 is 1.42 bits per heavy atom. The summed E-state index contributed by atoms with van der Waals surface area (Å²) in [6.07, 6.45) is 1.45. The van der Waals surface area contributed by atoms with E-state index in [4.69, 9.17) is 11.6 Å². The van der Waals surface area contributed by atoms with Crippen molar-refractivity contribution in [2.24, 2.45) is 0 Å². The zero-order chi connectivity index (χ0) is 14.6. The van der Waals surface area contributed by atoms with Crippen LogP contribution in [0.15, 0.2) is 11.0 Å². The van der Waals surface area contributed by atoms with Gasteiger partial charge < -0.3 is 10.6 Å². The Labute approximate surface area is 117 Å². The van der Waals surface area contributed by atoms with Crippen LogP contribution in [0.5, 0.6) is 0 Å². The standard InChI is InChI=1S/C12H19ClN4O2/c1-7(2)16-10(18)6-14-9-5-15-17(8(3)4)12(19)11(9)13/h5,7-8,14H,6H2,1-4H3,(H,16,18). The molecule has 0 radical (unpaired) electrons. The molecule has 1 aromatic rings. The molecule has 6 nitrogen and oxygen atoms in total. The summed E-state index contributed by atoms with van der Waals surface area (Å²) in [7, 11) is 0. The number of amides is 1. The van der Waals surface area contributed by atoms with Gasteiger partial charge in [0.1, 0.15) is 5.02 Å². The van der Waals surface area contributed by atoms with Gasteiger partial charge in [-0.2, -0.15) is 5.10 Å². The predicted molar refractivity (Wildman–Crippen MR) is 75.7 cm³/mol. The number of halogens is 1. The first-order valence-electron chi connectivity index (χ1n) is 6.13. The van der Waals surface area contributed by atoms with Gasteiger partial charge in [-0.1, -0.05) is 11.6 Å². The highest BCUT2D eigenvalue weighted by molar-refractivity contribution is 6.33. The first-order chi connectivity index (χ1) is 8.82. The van der Waals surface area contributed by atoms with Crippen molar-refractivity contribution >= 4 is 23.2 Å². The highest BCUT2D eigenvalue weighted by Gasteiger charge is 2.12. The number of carbonyl (C=O) groups excluding carboxylic acids is 1. The van der Waals surface area contributed by atoms with Gasteiger partial charge in [0.15, 0.2) is 0 Å². The van der Waals surface area contributed by atoms with Crippen LogP contribution in [0.1, 0.15) is 33.7 Å². The smallest absolute Gasteiger partial charge is 0.287 e. The number of nitrogens with zero attached hydrogens (tertiary/aromatic N) is 2. The molecule has 106 valence electrons. The molecule has 1 amide bonds. The molecule has 0 aliphatic rings. The first kappa shape index (κ1) is 15.5. The van der Waals surface area contributed by atoms with E-state index in [9.17, 15) is 9.59 Å². The summed E-state index contributed by atoms with van der Waals surface area (Å²) < 4.78 is 1.29. The van der Waals surface area contributed by atoms with Crippen LogP contribution in [-0.2, 0) is 4.79 Å². The van der Waals surface area contributed by atoms with E-state index >= 15 is 0 Å². The maximum atomic E-state index is 11.9. The molecule has 0 saturated carbocycles. The van der Waals surface area contributed by atoms with E-state index in [0.29, 0.717) is 5.69 Å². The van der Waals surface area contributed by atoms with E-state index in [1.165, 1.54) is 10.9 Å². The van der Waals surface area contributed by atoms with Gasteiger partial charge in [0.05, 0.1) is 24.5 Å². The lowest BCUT2D eigenvalue weighted by molar-refractivity contribution is -0.119. The second-order valence-electron chi connectivity index (χ2n) is 4.79. The van der Waals surface area contributed by atoms with E-state index in [1.54, 1.807) is 0 Å². The van der Waals surface area contributed by atoms with Crippen LogP contribution < -0.4 is 16.2 Å². The van der Waals surface area contributed by atoms with Crippen molar-refractivity contribution in [3.8, 4) is 0 Å². The maximum Gasteiger partial charge on any atom is 0.287 e. The van der Waals surface area contributed by atoms with Crippen molar-refractivity contribution in [3.05, 3.63) is 21.6 Å². The molecule has 0 atom stereocenters. The average Bonchev–Trinajstić information content (AvgIpc) is 2.29. The molecule has 0 aliphatic heterocycles. The van der Waals surface area contributed by atoms with Gasteiger partial charge in [0.2, 0.25) is 5.91 Å². The van der Waals surface area contributed by atoms with Crippen LogP contribution in [0.25, 0.3) is 0 Å². The van der Waals surface area contributed by atoms with Crippen molar-refractivity contribution in [1.29, 1.82) is 0 Å². The fourth-order valence-corrected chi connectivity index (χ4v) is 1.69. The molecule has 0 saturated heterocycles. The quantitative estimate of drug-likeness (QED) is 0.858. The first-order valence-corrected chi connectivity index (χ1v) is 6.51. The summed E-state index contributed by atoms with van der Waals surface area (Å²) in [6.45, 7) is 7.47. The van der Waals surface area contributed by atoms with E-state index in [-0.39, 0.29) is 35.1 Å².